The molecule has 1 aromatic heterocycles. The van der Waals surface area contributed by atoms with Gasteiger partial charge in [-0.2, -0.15) is 0 Å². The molecule has 0 saturated heterocycles. The Balaban J connectivity index is 1.65. The zero-order valence-corrected chi connectivity index (χ0v) is 16.4. The van der Waals surface area contributed by atoms with E-state index in [-0.39, 0.29) is 12.4 Å². The number of pyridine rings is 1. The van der Waals surface area contributed by atoms with Crippen LogP contribution in [0.5, 0.6) is 5.75 Å². The summed E-state index contributed by atoms with van der Waals surface area (Å²) in [6, 6.07) is 27.5. The molecule has 30 heavy (non-hydrogen) atoms. The van der Waals surface area contributed by atoms with Gasteiger partial charge in [0.2, 0.25) is 0 Å². The topological polar surface area (TPSA) is 22.1 Å². The second kappa shape index (κ2) is 8.79. The van der Waals surface area contributed by atoms with Gasteiger partial charge in [-0.25, -0.2) is 9.37 Å². The minimum absolute atomic E-state index is 0.276. The average molecular weight is 391 g/mol. The molecule has 0 spiro atoms. The fraction of sp³-hybridized carbons (Fsp3) is 0.0385. The van der Waals surface area contributed by atoms with Gasteiger partial charge in [-0.15, -0.1) is 0 Å². The molecule has 0 aliphatic rings. The van der Waals surface area contributed by atoms with E-state index in [1.54, 1.807) is 18.2 Å². The molecular weight excluding hydrogens is 372 g/mol. The van der Waals surface area contributed by atoms with Crippen LogP contribution in [0.1, 0.15) is 16.8 Å². The smallest absolute Gasteiger partial charge is 0.123 e. The van der Waals surface area contributed by atoms with Crippen LogP contribution in [0.25, 0.3) is 16.8 Å². The number of para-hydroxylation sites is 1. The number of hydrogen-bond donors (Lipinski definition) is 0. The molecule has 0 atom stereocenters. The number of rotatable bonds is 6. The van der Waals surface area contributed by atoms with Gasteiger partial charge in [0.25, 0.3) is 0 Å². The minimum Gasteiger partial charge on any atom is -0.489 e. The largest absolute Gasteiger partial charge is 0.489 e. The fourth-order valence-electron chi connectivity index (χ4n) is 3.19. The summed E-state index contributed by atoms with van der Waals surface area (Å²) in [5.74, 6) is 0.273. The Morgan fingerprint density at radius 3 is 2.37 bits per heavy atom. The SMILES string of the molecule is [B]c1cccc(-c2cccc(C(=C)c3ccccc3)n2)c1OCc1ccc(F)cc1. The molecule has 0 aliphatic heterocycles. The fourth-order valence-corrected chi connectivity index (χ4v) is 3.19. The van der Waals surface area contributed by atoms with Crippen molar-refractivity contribution in [2.45, 2.75) is 6.61 Å². The van der Waals surface area contributed by atoms with Crippen molar-refractivity contribution in [3.63, 3.8) is 0 Å². The van der Waals surface area contributed by atoms with E-state index in [4.69, 9.17) is 17.6 Å². The van der Waals surface area contributed by atoms with Crippen LogP contribution in [0.15, 0.2) is 97.6 Å². The predicted octanol–water partition coefficient (Wildman–Crippen LogP) is 5.32. The van der Waals surface area contributed by atoms with E-state index in [0.717, 1.165) is 33.7 Å². The second-order valence-corrected chi connectivity index (χ2v) is 6.89. The Morgan fingerprint density at radius 2 is 1.60 bits per heavy atom. The normalized spacial score (nSPS) is 10.6. The quantitative estimate of drug-likeness (QED) is 0.415. The summed E-state index contributed by atoms with van der Waals surface area (Å²) in [4.78, 5) is 4.80. The Labute approximate surface area is 177 Å². The Bertz CT molecular complexity index is 1170. The maximum Gasteiger partial charge on any atom is 0.123 e. The zero-order valence-electron chi connectivity index (χ0n) is 16.4. The molecule has 0 bridgehead atoms. The van der Waals surface area contributed by atoms with Crippen LogP contribution in [0.3, 0.4) is 0 Å². The first-order valence-electron chi connectivity index (χ1n) is 9.59. The molecule has 2 nitrogen and oxygen atoms in total. The highest BCUT2D eigenvalue weighted by Gasteiger charge is 2.12. The van der Waals surface area contributed by atoms with Crippen molar-refractivity contribution in [2.75, 3.05) is 0 Å². The van der Waals surface area contributed by atoms with Crippen molar-refractivity contribution < 1.29 is 9.13 Å². The second-order valence-electron chi connectivity index (χ2n) is 6.89. The number of halogens is 1. The van der Waals surface area contributed by atoms with Crippen LogP contribution in [0, 0.1) is 5.82 Å². The first kappa shape index (κ1) is 19.7. The zero-order chi connectivity index (χ0) is 20.9. The van der Waals surface area contributed by atoms with E-state index in [1.165, 1.54) is 12.1 Å². The summed E-state index contributed by atoms with van der Waals surface area (Å²) < 4.78 is 19.2. The number of ether oxygens (including phenoxy) is 1. The molecule has 0 amide bonds. The lowest BCUT2D eigenvalue weighted by Gasteiger charge is -2.15. The van der Waals surface area contributed by atoms with E-state index >= 15 is 0 Å². The van der Waals surface area contributed by atoms with Crippen molar-refractivity contribution in [1.29, 1.82) is 0 Å². The van der Waals surface area contributed by atoms with Crippen LogP contribution >= 0.6 is 0 Å². The van der Waals surface area contributed by atoms with Crippen molar-refractivity contribution in [2.24, 2.45) is 0 Å². The number of hydrogen-bond acceptors (Lipinski definition) is 2. The van der Waals surface area contributed by atoms with Crippen LogP contribution in [-0.4, -0.2) is 12.8 Å². The molecule has 144 valence electrons. The molecule has 4 aromatic rings. The van der Waals surface area contributed by atoms with Gasteiger partial charge < -0.3 is 4.74 Å². The Hall–Kier alpha value is -3.66. The van der Waals surface area contributed by atoms with Crippen LogP contribution in [0.4, 0.5) is 4.39 Å². The highest BCUT2D eigenvalue weighted by molar-refractivity contribution is 6.34. The average Bonchev–Trinajstić information content (AvgIpc) is 2.79. The molecule has 0 fully saturated rings. The highest BCUT2D eigenvalue weighted by atomic mass is 19.1. The third-order valence-corrected chi connectivity index (χ3v) is 4.80. The third-order valence-electron chi connectivity index (χ3n) is 4.80. The number of nitrogens with zero attached hydrogens (tertiary/aromatic N) is 1. The lowest BCUT2D eigenvalue weighted by atomic mass is 9.91. The molecule has 0 saturated carbocycles. The van der Waals surface area contributed by atoms with Crippen molar-refractivity contribution in [1.82, 2.24) is 4.98 Å². The summed E-state index contributed by atoms with van der Waals surface area (Å²) >= 11 is 0. The standard InChI is InChI=1S/C26H19BFNO/c1-18(20-7-3-2-4-8-20)24-11-6-12-25(29-24)22-9-5-10-23(27)26(22)30-17-19-13-15-21(28)16-14-19/h2-16H,1,17H2. The molecule has 3 aromatic carbocycles. The molecule has 4 heteroatoms. The lowest BCUT2D eigenvalue weighted by Crippen LogP contribution is -2.11. The molecule has 1 heterocycles. The van der Waals surface area contributed by atoms with Crippen molar-refractivity contribution in [3.05, 3.63) is 120 Å². The van der Waals surface area contributed by atoms with E-state index in [0.29, 0.717) is 11.2 Å². The van der Waals surface area contributed by atoms with Gasteiger partial charge in [-0.05, 0) is 41.5 Å². The van der Waals surface area contributed by atoms with Crippen molar-refractivity contribution in [3.8, 4) is 17.0 Å². The van der Waals surface area contributed by atoms with Crippen molar-refractivity contribution >= 4 is 18.9 Å². The first-order valence-corrected chi connectivity index (χ1v) is 9.59. The predicted molar refractivity (Wildman–Crippen MR) is 120 cm³/mol. The first-order chi connectivity index (χ1) is 14.6. The molecule has 0 unspecified atom stereocenters. The van der Waals surface area contributed by atoms with E-state index < -0.39 is 0 Å². The highest BCUT2D eigenvalue weighted by Crippen LogP contribution is 2.29. The maximum atomic E-state index is 13.1. The molecule has 4 rings (SSSR count). The summed E-state index contributed by atoms with van der Waals surface area (Å²) in [5.41, 5.74) is 5.54. The monoisotopic (exact) mass is 391 g/mol. The molecule has 0 aliphatic carbocycles. The number of aromatic nitrogens is 1. The van der Waals surface area contributed by atoms with Gasteiger partial charge in [0.15, 0.2) is 0 Å². The van der Waals surface area contributed by atoms with Gasteiger partial charge in [0, 0.05) is 11.1 Å². The van der Waals surface area contributed by atoms with Gasteiger partial charge >= 0.3 is 0 Å². The summed E-state index contributed by atoms with van der Waals surface area (Å²) in [6.07, 6.45) is 0. The van der Waals surface area contributed by atoms with Gasteiger partial charge in [0.1, 0.15) is 26.0 Å². The van der Waals surface area contributed by atoms with Gasteiger partial charge in [-0.1, -0.05) is 72.7 Å². The Kier molecular flexibility index (Phi) is 5.76. The molecular formula is C26H19BFNO. The van der Waals surface area contributed by atoms with E-state index in [9.17, 15) is 4.39 Å². The van der Waals surface area contributed by atoms with Crippen LogP contribution < -0.4 is 10.2 Å². The Morgan fingerprint density at radius 1 is 0.867 bits per heavy atom. The molecule has 2 radical (unpaired) electrons. The van der Waals surface area contributed by atoms with E-state index in [1.807, 2.05) is 60.7 Å². The minimum atomic E-state index is -0.279. The van der Waals surface area contributed by atoms with Crippen LogP contribution in [-0.2, 0) is 6.61 Å². The lowest BCUT2D eigenvalue weighted by molar-refractivity contribution is 0.310. The van der Waals surface area contributed by atoms with Gasteiger partial charge in [-0.3, -0.25) is 0 Å². The third kappa shape index (κ3) is 4.33. The van der Waals surface area contributed by atoms with E-state index in [2.05, 4.69) is 6.58 Å². The summed E-state index contributed by atoms with van der Waals surface area (Å²) in [5, 5.41) is 0. The molecule has 0 N–H and O–H groups in total. The summed E-state index contributed by atoms with van der Waals surface area (Å²) in [6.45, 7) is 4.48. The maximum absolute atomic E-state index is 13.1. The van der Waals surface area contributed by atoms with Crippen LogP contribution in [0.2, 0.25) is 0 Å². The van der Waals surface area contributed by atoms with Gasteiger partial charge in [0.05, 0.1) is 11.4 Å². The summed E-state index contributed by atoms with van der Waals surface area (Å²) in [7, 11) is 6.21. The number of benzene rings is 3.